The normalized spacial score (nSPS) is 13.1. The molecule has 0 saturated carbocycles. The van der Waals surface area contributed by atoms with Crippen molar-refractivity contribution in [2.75, 3.05) is 0 Å². The Morgan fingerprint density at radius 1 is 0.786 bits per heavy atom. The Morgan fingerprint density at radius 3 is 2.43 bits per heavy atom. The molecule has 14 heavy (non-hydrogen) atoms. The zero-order chi connectivity index (χ0) is 9.38. The molecule has 0 aliphatic heterocycles. The second-order valence-corrected chi connectivity index (χ2v) is 3.56. The highest BCUT2D eigenvalue weighted by Crippen LogP contribution is 2.33. The van der Waals surface area contributed by atoms with Crippen LogP contribution >= 0.6 is 0 Å². The molecule has 2 aromatic rings. The van der Waals surface area contributed by atoms with Crippen molar-refractivity contribution in [2.45, 2.75) is 6.42 Å². The van der Waals surface area contributed by atoms with Gasteiger partial charge in [-0.15, -0.1) is 0 Å². The maximum absolute atomic E-state index is 3.42. The van der Waals surface area contributed by atoms with Crippen molar-refractivity contribution in [3.8, 4) is 11.1 Å². The fourth-order valence-electron chi connectivity index (χ4n) is 2.00. The van der Waals surface area contributed by atoms with Crippen LogP contribution in [0.25, 0.3) is 11.1 Å². The van der Waals surface area contributed by atoms with Crippen LogP contribution in [0.3, 0.4) is 0 Å². The number of fused-ring (bicyclic) bond motifs is 3. The van der Waals surface area contributed by atoms with Gasteiger partial charge in [0.05, 0.1) is 0 Å². The third-order valence-electron chi connectivity index (χ3n) is 2.70. The second-order valence-electron chi connectivity index (χ2n) is 3.56. The average Bonchev–Trinajstić information content (AvgIpc) is 2.29. The van der Waals surface area contributed by atoms with Crippen LogP contribution in [0.2, 0.25) is 0 Å². The summed E-state index contributed by atoms with van der Waals surface area (Å²) in [7, 11) is 0. The van der Waals surface area contributed by atoms with E-state index in [1.54, 1.807) is 0 Å². The van der Waals surface area contributed by atoms with Gasteiger partial charge in [0.1, 0.15) is 0 Å². The largest absolute Gasteiger partial charge is 0.0620 e. The monoisotopic (exact) mass is 178 g/mol. The number of benzene rings is 2. The van der Waals surface area contributed by atoms with Crippen molar-refractivity contribution in [1.82, 2.24) is 0 Å². The van der Waals surface area contributed by atoms with Crippen LogP contribution in [0.1, 0.15) is 11.1 Å². The van der Waals surface area contributed by atoms with E-state index in [0.29, 0.717) is 0 Å². The molecule has 0 spiro atoms. The standard InChI is InChI=1S/C14H10/c1-3-7-13-11(5-1)9-10-12-6-2-4-8-14(12)13/h1-8H,9H2. The minimum atomic E-state index is 0.938. The molecule has 2 aromatic carbocycles. The first-order chi connectivity index (χ1) is 6.95. The Morgan fingerprint density at radius 2 is 1.50 bits per heavy atom. The molecule has 0 unspecified atom stereocenters. The lowest BCUT2D eigenvalue weighted by molar-refractivity contribution is 1.14. The van der Waals surface area contributed by atoms with Crippen LogP contribution in [-0.2, 0) is 6.42 Å². The maximum atomic E-state index is 3.42. The fourth-order valence-corrected chi connectivity index (χ4v) is 2.00. The predicted molar refractivity (Wildman–Crippen MR) is 57.9 cm³/mol. The van der Waals surface area contributed by atoms with Crippen molar-refractivity contribution < 1.29 is 0 Å². The molecule has 3 rings (SSSR count). The molecule has 0 fully saturated rings. The van der Waals surface area contributed by atoms with E-state index in [4.69, 9.17) is 0 Å². The van der Waals surface area contributed by atoms with Crippen LogP contribution < -0.4 is 0 Å². The second kappa shape index (κ2) is 2.98. The average molecular weight is 178 g/mol. The third-order valence-corrected chi connectivity index (χ3v) is 2.70. The van der Waals surface area contributed by atoms with Crippen LogP contribution in [0.4, 0.5) is 0 Å². The number of hydrogen-bond donors (Lipinski definition) is 0. The minimum Gasteiger partial charge on any atom is -0.0620 e. The Balaban J connectivity index is 2.29. The van der Waals surface area contributed by atoms with E-state index in [1.807, 2.05) is 0 Å². The van der Waals surface area contributed by atoms with E-state index in [9.17, 15) is 0 Å². The summed E-state index contributed by atoms with van der Waals surface area (Å²) in [6.07, 6.45) is 4.36. The molecule has 66 valence electrons. The molecule has 1 aliphatic carbocycles. The van der Waals surface area contributed by atoms with Crippen molar-refractivity contribution in [3.63, 3.8) is 0 Å². The zero-order valence-corrected chi connectivity index (χ0v) is 7.83. The molecule has 0 heteroatoms. The van der Waals surface area contributed by atoms with E-state index in [-0.39, 0.29) is 0 Å². The summed E-state index contributed by atoms with van der Waals surface area (Å²) < 4.78 is 0. The van der Waals surface area contributed by atoms with Gasteiger partial charge in [-0.05, 0) is 28.7 Å². The lowest BCUT2D eigenvalue weighted by atomic mass is 9.86. The van der Waals surface area contributed by atoms with E-state index < -0.39 is 0 Å². The van der Waals surface area contributed by atoms with Gasteiger partial charge in [-0.1, -0.05) is 48.5 Å². The van der Waals surface area contributed by atoms with Gasteiger partial charge in [0.15, 0.2) is 0 Å². The van der Waals surface area contributed by atoms with E-state index >= 15 is 0 Å². The van der Waals surface area contributed by atoms with Crippen LogP contribution in [0, 0.1) is 6.42 Å². The van der Waals surface area contributed by atoms with Crippen molar-refractivity contribution >= 4 is 0 Å². The molecule has 2 radical (unpaired) electrons. The number of hydrogen-bond acceptors (Lipinski definition) is 0. The summed E-state index contributed by atoms with van der Waals surface area (Å²) in [5.74, 6) is 0. The summed E-state index contributed by atoms with van der Waals surface area (Å²) in [5, 5.41) is 0. The molecular formula is C14H10. The summed E-state index contributed by atoms with van der Waals surface area (Å²) in [5.41, 5.74) is 5.30. The summed E-state index contributed by atoms with van der Waals surface area (Å²) >= 11 is 0. The van der Waals surface area contributed by atoms with Crippen LogP contribution in [0.15, 0.2) is 48.5 Å². The molecule has 0 nitrogen and oxygen atoms in total. The predicted octanol–water partition coefficient (Wildman–Crippen LogP) is 3.34. The molecule has 0 saturated heterocycles. The number of rotatable bonds is 0. The van der Waals surface area contributed by atoms with E-state index in [0.717, 1.165) is 6.42 Å². The highest BCUT2D eigenvalue weighted by Gasteiger charge is 2.14. The molecule has 0 amide bonds. The summed E-state index contributed by atoms with van der Waals surface area (Å²) in [6.45, 7) is 0. The van der Waals surface area contributed by atoms with Gasteiger partial charge in [-0.3, -0.25) is 0 Å². The zero-order valence-electron chi connectivity index (χ0n) is 7.83. The Labute approximate surface area is 84.2 Å². The van der Waals surface area contributed by atoms with Gasteiger partial charge in [-0.25, -0.2) is 0 Å². The van der Waals surface area contributed by atoms with Crippen LogP contribution in [-0.4, -0.2) is 0 Å². The van der Waals surface area contributed by atoms with Crippen molar-refractivity contribution in [2.24, 2.45) is 0 Å². The summed E-state index contributed by atoms with van der Waals surface area (Å²) in [6, 6.07) is 17.0. The lowest BCUT2D eigenvalue weighted by Gasteiger charge is -2.18. The highest BCUT2D eigenvalue weighted by molar-refractivity contribution is 5.74. The topological polar surface area (TPSA) is 0 Å². The van der Waals surface area contributed by atoms with Gasteiger partial charge in [0.25, 0.3) is 0 Å². The van der Waals surface area contributed by atoms with Crippen LogP contribution in [0.5, 0.6) is 0 Å². The Kier molecular flexibility index (Phi) is 1.66. The molecule has 0 aromatic heterocycles. The lowest BCUT2D eigenvalue weighted by Crippen LogP contribution is -2.00. The first-order valence-electron chi connectivity index (χ1n) is 4.86. The van der Waals surface area contributed by atoms with Gasteiger partial charge >= 0.3 is 0 Å². The maximum Gasteiger partial charge on any atom is 0.0218 e. The Hall–Kier alpha value is -1.56. The summed E-state index contributed by atoms with van der Waals surface area (Å²) in [4.78, 5) is 0. The first-order valence-corrected chi connectivity index (χ1v) is 4.86. The first kappa shape index (κ1) is 7.81. The molecule has 1 aliphatic rings. The van der Waals surface area contributed by atoms with Crippen molar-refractivity contribution in [1.29, 1.82) is 0 Å². The van der Waals surface area contributed by atoms with Crippen molar-refractivity contribution in [3.05, 3.63) is 66.1 Å². The Bertz CT molecular complexity index is 423. The molecule has 0 heterocycles. The molecular weight excluding hydrogens is 168 g/mol. The van der Waals surface area contributed by atoms with Gasteiger partial charge < -0.3 is 0 Å². The van der Waals surface area contributed by atoms with Gasteiger partial charge in [0.2, 0.25) is 0 Å². The smallest absolute Gasteiger partial charge is 0.0218 e. The van der Waals surface area contributed by atoms with E-state index in [1.165, 1.54) is 22.3 Å². The van der Waals surface area contributed by atoms with E-state index in [2.05, 4.69) is 55.0 Å². The SMILES string of the molecule is [C]1Cc2ccccc2-c2ccccc21. The third kappa shape index (κ3) is 1.07. The molecule has 0 N–H and O–H groups in total. The fraction of sp³-hybridized carbons (Fsp3) is 0.0714. The highest BCUT2D eigenvalue weighted by atomic mass is 14.2. The van der Waals surface area contributed by atoms with Gasteiger partial charge in [0, 0.05) is 6.42 Å². The van der Waals surface area contributed by atoms with Gasteiger partial charge in [-0.2, -0.15) is 0 Å². The minimum absolute atomic E-state index is 0.938. The molecule has 0 bridgehead atoms. The quantitative estimate of drug-likeness (QED) is 0.580. The molecule has 0 atom stereocenters.